The fourth-order valence-corrected chi connectivity index (χ4v) is 2.22. The molecule has 2 heteroatoms. The molecule has 3 unspecified atom stereocenters. The van der Waals surface area contributed by atoms with E-state index in [4.69, 9.17) is 4.74 Å². The van der Waals surface area contributed by atoms with Crippen LogP contribution in [0.25, 0.3) is 0 Å². The Morgan fingerprint density at radius 3 is 2.83 bits per heavy atom. The van der Waals surface area contributed by atoms with E-state index in [0.29, 0.717) is 11.8 Å². The highest BCUT2D eigenvalue weighted by Crippen LogP contribution is 2.43. The van der Waals surface area contributed by atoms with Gasteiger partial charge in [-0.1, -0.05) is 18.7 Å². The number of fused-ring (bicyclic) bond motifs is 2. The molecule has 0 N–H and O–H groups in total. The maximum atomic E-state index is 11.3. The summed E-state index contributed by atoms with van der Waals surface area (Å²) in [6.45, 7) is 3.37. The lowest BCUT2D eigenvalue weighted by atomic mass is 9.94. The first-order valence-electron chi connectivity index (χ1n) is 4.31. The molecule has 1 saturated carbocycles. The van der Waals surface area contributed by atoms with Crippen LogP contribution >= 0.6 is 0 Å². The molecule has 0 saturated heterocycles. The summed E-state index contributed by atoms with van der Waals surface area (Å²) in [5.41, 5.74) is 0. The minimum absolute atomic E-state index is 0.0954. The molecule has 2 nitrogen and oxygen atoms in total. The molecule has 0 aromatic heterocycles. The minimum atomic E-state index is -0.109. The third-order valence-corrected chi connectivity index (χ3v) is 2.78. The van der Waals surface area contributed by atoms with E-state index in [1.807, 2.05) is 0 Å². The SMILES string of the molecule is C=COC(=O)C1CC2C=CC1C2. The van der Waals surface area contributed by atoms with Crippen molar-refractivity contribution in [2.24, 2.45) is 17.8 Å². The molecule has 0 amide bonds. The summed E-state index contributed by atoms with van der Waals surface area (Å²) in [7, 11) is 0. The fourth-order valence-electron chi connectivity index (χ4n) is 2.22. The highest BCUT2D eigenvalue weighted by Gasteiger charge is 2.40. The molecule has 3 atom stereocenters. The maximum absolute atomic E-state index is 11.3. The second-order valence-electron chi connectivity index (χ2n) is 3.49. The molecular formula is C10H12O2. The molecule has 0 radical (unpaired) electrons. The topological polar surface area (TPSA) is 26.3 Å². The summed E-state index contributed by atoms with van der Waals surface area (Å²) in [4.78, 5) is 11.3. The van der Waals surface area contributed by atoms with Crippen molar-refractivity contribution >= 4 is 5.97 Å². The zero-order chi connectivity index (χ0) is 8.55. The van der Waals surface area contributed by atoms with Crippen molar-refractivity contribution in [2.45, 2.75) is 12.8 Å². The first-order chi connectivity index (χ1) is 5.81. The van der Waals surface area contributed by atoms with Gasteiger partial charge >= 0.3 is 5.97 Å². The predicted octanol–water partition coefficient (Wildman–Crippen LogP) is 1.89. The van der Waals surface area contributed by atoms with E-state index < -0.39 is 0 Å². The van der Waals surface area contributed by atoms with Crippen LogP contribution in [0, 0.1) is 17.8 Å². The van der Waals surface area contributed by atoms with Crippen molar-refractivity contribution in [1.82, 2.24) is 0 Å². The van der Waals surface area contributed by atoms with Gasteiger partial charge in [0.2, 0.25) is 0 Å². The summed E-state index contributed by atoms with van der Waals surface area (Å²) in [5, 5.41) is 0. The Hall–Kier alpha value is -1.05. The van der Waals surface area contributed by atoms with Gasteiger partial charge in [0.15, 0.2) is 0 Å². The van der Waals surface area contributed by atoms with Crippen LogP contribution in [-0.2, 0) is 9.53 Å². The number of hydrogen-bond donors (Lipinski definition) is 0. The first kappa shape index (κ1) is 7.59. The largest absolute Gasteiger partial charge is 0.435 e. The Labute approximate surface area is 71.9 Å². The summed E-state index contributed by atoms with van der Waals surface area (Å²) >= 11 is 0. The van der Waals surface area contributed by atoms with Gasteiger partial charge in [0.05, 0.1) is 12.2 Å². The highest BCUT2D eigenvalue weighted by molar-refractivity contribution is 5.74. The summed E-state index contributed by atoms with van der Waals surface area (Å²) in [6.07, 6.45) is 7.67. The van der Waals surface area contributed by atoms with Crippen LogP contribution in [0.2, 0.25) is 0 Å². The fraction of sp³-hybridized carbons (Fsp3) is 0.500. The summed E-state index contributed by atoms with van der Waals surface area (Å²) in [6, 6.07) is 0. The van der Waals surface area contributed by atoms with E-state index in [2.05, 4.69) is 18.7 Å². The zero-order valence-corrected chi connectivity index (χ0v) is 6.90. The van der Waals surface area contributed by atoms with Crippen LogP contribution in [0.5, 0.6) is 0 Å². The van der Waals surface area contributed by atoms with Gasteiger partial charge in [0, 0.05) is 0 Å². The van der Waals surface area contributed by atoms with Crippen molar-refractivity contribution in [3.63, 3.8) is 0 Å². The zero-order valence-electron chi connectivity index (χ0n) is 6.90. The Balaban J connectivity index is 2.02. The lowest BCUT2D eigenvalue weighted by Gasteiger charge is -2.14. The van der Waals surface area contributed by atoms with E-state index in [0.717, 1.165) is 12.8 Å². The molecule has 0 heterocycles. The van der Waals surface area contributed by atoms with Gasteiger partial charge in [-0.15, -0.1) is 0 Å². The Morgan fingerprint density at radius 1 is 1.50 bits per heavy atom. The van der Waals surface area contributed by atoms with Crippen LogP contribution < -0.4 is 0 Å². The molecular weight excluding hydrogens is 152 g/mol. The lowest BCUT2D eigenvalue weighted by molar-refractivity contribution is -0.143. The molecule has 0 aromatic carbocycles. The van der Waals surface area contributed by atoms with E-state index in [9.17, 15) is 4.79 Å². The second kappa shape index (κ2) is 2.77. The molecule has 2 aliphatic carbocycles. The molecule has 2 bridgehead atoms. The third-order valence-electron chi connectivity index (χ3n) is 2.78. The number of rotatable bonds is 2. The number of carbonyl (C=O) groups is 1. The van der Waals surface area contributed by atoms with Crippen LogP contribution in [0.4, 0.5) is 0 Å². The smallest absolute Gasteiger partial charge is 0.314 e. The molecule has 64 valence electrons. The predicted molar refractivity (Wildman–Crippen MR) is 45.1 cm³/mol. The molecule has 0 aliphatic heterocycles. The minimum Gasteiger partial charge on any atom is -0.435 e. The van der Waals surface area contributed by atoms with Crippen LogP contribution in [0.3, 0.4) is 0 Å². The third kappa shape index (κ3) is 1.07. The van der Waals surface area contributed by atoms with Crippen LogP contribution in [0.1, 0.15) is 12.8 Å². The van der Waals surface area contributed by atoms with Gasteiger partial charge in [0.25, 0.3) is 0 Å². The van der Waals surface area contributed by atoms with Crippen LogP contribution in [-0.4, -0.2) is 5.97 Å². The summed E-state index contributed by atoms with van der Waals surface area (Å²) < 4.78 is 4.77. The van der Waals surface area contributed by atoms with E-state index in [1.54, 1.807) is 0 Å². The quantitative estimate of drug-likeness (QED) is 0.354. The van der Waals surface area contributed by atoms with Crippen molar-refractivity contribution in [3.05, 3.63) is 25.0 Å². The van der Waals surface area contributed by atoms with Crippen molar-refractivity contribution < 1.29 is 9.53 Å². The maximum Gasteiger partial charge on any atom is 0.314 e. The molecule has 0 spiro atoms. The number of esters is 1. The van der Waals surface area contributed by atoms with E-state index >= 15 is 0 Å². The first-order valence-corrected chi connectivity index (χ1v) is 4.31. The Kier molecular flexibility index (Phi) is 1.75. The van der Waals surface area contributed by atoms with Gasteiger partial charge in [-0.3, -0.25) is 4.79 Å². The van der Waals surface area contributed by atoms with Gasteiger partial charge in [-0.25, -0.2) is 0 Å². The normalized spacial score (nSPS) is 36.8. The number of carbonyl (C=O) groups excluding carboxylic acids is 1. The average molecular weight is 164 g/mol. The van der Waals surface area contributed by atoms with Crippen molar-refractivity contribution in [2.75, 3.05) is 0 Å². The van der Waals surface area contributed by atoms with Gasteiger partial charge in [-0.05, 0) is 24.7 Å². The number of allylic oxidation sites excluding steroid dienone is 2. The van der Waals surface area contributed by atoms with Crippen molar-refractivity contribution in [1.29, 1.82) is 0 Å². The second-order valence-corrected chi connectivity index (χ2v) is 3.49. The standard InChI is InChI=1S/C10H12O2/c1-2-12-10(11)9-6-7-3-4-8(9)5-7/h2-4,7-9H,1,5-6H2. The molecule has 0 aromatic rings. The Bertz CT molecular complexity index is 242. The molecule has 2 rings (SSSR count). The monoisotopic (exact) mass is 164 g/mol. The van der Waals surface area contributed by atoms with Crippen molar-refractivity contribution in [3.8, 4) is 0 Å². The lowest BCUT2D eigenvalue weighted by Crippen LogP contribution is -2.19. The van der Waals surface area contributed by atoms with Crippen LogP contribution in [0.15, 0.2) is 25.0 Å². The number of hydrogen-bond acceptors (Lipinski definition) is 2. The van der Waals surface area contributed by atoms with E-state index in [1.165, 1.54) is 6.26 Å². The van der Waals surface area contributed by atoms with E-state index in [-0.39, 0.29) is 11.9 Å². The van der Waals surface area contributed by atoms with Gasteiger partial charge < -0.3 is 4.74 Å². The molecule has 2 aliphatic rings. The highest BCUT2D eigenvalue weighted by atomic mass is 16.5. The summed E-state index contributed by atoms with van der Waals surface area (Å²) in [5.74, 6) is 1.04. The Morgan fingerprint density at radius 2 is 2.33 bits per heavy atom. The average Bonchev–Trinajstić information content (AvgIpc) is 2.64. The van der Waals surface area contributed by atoms with Gasteiger partial charge in [0.1, 0.15) is 0 Å². The number of ether oxygens (including phenoxy) is 1. The molecule has 12 heavy (non-hydrogen) atoms. The molecule has 1 fully saturated rings. The van der Waals surface area contributed by atoms with Gasteiger partial charge in [-0.2, -0.15) is 0 Å².